The van der Waals surface area contributed by atoms with Crippen molar-refractivity contribution in [3.8, 4) is 0 Å². The first-order valence-corrected chi connectivity index (χ1v) is 13.0. The van der Waals surface area contributed by atoms with Crippen molar-refractivity contribution in [1.82, 2.24) is 24.7 Å². The second kappa shape index (κ2) is 9.85. The van der Waals surface area contributed by atoms with Crippen molar-refractivity contribution in [2.24, 2.45) is 0 Å². The Hall–Kier alpha value is -2.68. The van der Waals surface area contributed by atoms with Crippen LogP contribution in [0.1, 0.15) is 29.1 Å². The molecule has 0 N–H and O–H groups in total. The van der Waals surface area contributed by atoms with E-state index < -0.39 is 0 Å². The lowest BCUT2D eigenvalue weighted by Crippen LogP contribution is -2.06. The van der Waals surface area contributed by atoms with Crippen LogP contribution in [0.15, 0.2) is 88.6 Å². The molecule has 0 bridgehead atoms. The first-order valence-electron chi connectivity index (χ1n) is 10.3. The highest BCUT2D eigenvalue weighted by Crippen LogP contribution is 2.35. The van der Waals surface area contributed by atoms with Gasteiger partial charge in [-0.3, -0.25) is 4.98 Å². The van der Waals surface area contributed by atoms with E-state index >= 15 is 0 Å². The smallest absolute Gasteiger partial charge is 0.192 e. The third-order valence-corrected chi connectivity index (χ3v) is 8.33. The summed E-state index contributed by atoms with van der Waals surface area (Å²) in [7, 11) is 0. The molecule has 0 saturated carbocycles. The molecule has 5 aromatic rings. The molecule has 3 heterocycles. The lowest BCUT2D eigenvalue weighted by Gasteiger charge is -2.13. The number of nitrogens with zero attached hydrogens (tertiary/aromatic N) is 5. The van der Waals surface area contributed by atoms with Gasteiger partial charge in [0.1, 0.15) is 5.82 Å². The highest BCUT2D eigenvalue weighted by atomic mass is 32.2. The van der Waals surface area contributed by atoms with Crippen LogP contribution in [0.5, 0.6) is 0 Å². The molecular weight excluding hydrogens is 455 g/mol. The summed E-state index contributed by atoms with van der Waals surface area (Å²) in [6, 6.07) is 22.8. The summed E-state index contributed by atoms with van der Waals surface area (Å²) in [4.78, 5) is 9.01. The average molecular weight is 476 g/mol. The van der Waals surface area contributed by atoms with Crippen LogP contribution >= 0.6 is 34.9 Å². The third-order valence-electron chi connectivity index (χ3n) is 5.01. The van der Waals surface area contributed by atoms with Crippen LogP contribution in [-0.2, 0) is 12.3 Å². The number of para-hydroxylation sites is 1. The summed E-state index contributed by atoms with van der Waals surface area (Å²) in [6.07, 6.45) is 3.72. The number of benzene rings is 2. The van der Waals surface area contributed by atoms with Crippen molar-refractivity contribution in [3.05, 3.63) is 96.1 Å². The summed E-state index contributed by atoms with van der Waals surface area (Å²) in [5.41, 5.74) is 3.46. The molecule has 0 spiro atoms. The fraction of sp³-hybridized carbons (Fsp3) is 0.167. The Balaban J connectivity index is 1.39. The van der Waals surface area contributed by atoms with Gasteiger partial charge < -0.3 is 4.57 Å². The zero-order valence-electron chi connectivity index (χ0n) is 17.5. The third kappa shape index (κ3) is 4.87. The molecule has 0 fully saturated rings. The number of thioether (sulfide) groups is 2. The van der Waals surface area contributed by atoms with E-state index in [1.54, 1.807) is 41.1 Å². The summed E-state index contributed by atoms with van der Waals surface area (Å²) in [5, 5.41) is 10.3. The molecule has 1 atom stereocenters. The Kier molecular flexibility index (Phi) is 6.52. The molecule has 2 aromatic carbocycles. The Bertz CT molecular complexity index is 1270. The zero-order chi connectivity index (χ0) is 21.8. The Labute approximate surface area is 199 Å². The minimum absolute atomic E-state index is 0.229. The fourth-order valence-electron chi connectivity index (χ4n) is 3.32. The van der Waals surface area contributed by atoms with Gasteiger partial charge in [0.05, 0.1) is 22.5 Å². The zero-order valence-corrected chi connectivity index (χ0v) is 19.9. The van der Waals surface area contributed by atoms with E-state index in [4.69, 9.17) is 4.98 Å². The number of aromatic nitrogens is 5. The van der Waals surface area contributed by atoms with Crippen molar-refractivity contribution < 1.29 is 0 Å². The van der Waals surface area contributed by atoms with Crippen LogP contribution in [0.4, 0.5) is 0 Å². The van der Waals surface area contributed by atoms with Crippen molar-refractivity contribution in [2.45, 2.75) is 34.0 Å². The maximum atomic E-state index is 4.75. The predicted octanol–water partition coefficient (Wildman–Crippen LogP) is 6.48. The molecule has 160 valence electrons. The number of fused-ring (bicyclic) bond motifs is 1. The Morgan fingerprint density at radius 2 is 1.81 bits per heavy atom. The van der Waals surface area contributed by atoms with E-state index in [0.29, 0.717) is 0 Å². The van der Waals surface area contributed by atoms with E-state index in [9.17, 15) is 0 Å². The first-order chi connectivity index (χ1) is 15.8. The average Bonchev–Trinajstić information content (AvgIpc) is 3.42. The van der Waals surface area contributed by atoms with Crippen LogP contribution in [0, 0.1) is 0 Å². The lowest BCUT2D eigenvalue weighted by molar-refractivity contribution is 0.683. The van der Waals surface area contributed by atoms with E-state index in [0.717, 1.165) is 33.1 Å². The van der Waals surface area contributed by atoms with Crippen molar-refractivity contribution in [1.29, 1.82) is 0 Å². The first kappa shape index (κ1) is 21.2. The van der Waals surface area contributed by atoms with Crippen LogP contribution in [0.3, 0.4) is 0 Å². The Morgan fingerprint density at radius 3 is 2.62 bits per heavy atom. The van der Waals surface area contributed by atoms with Crippen LogP contribution < -0.4 is 0 Å². The summed E-state index contributed by atoms with van der Waals surface area (Å²) in [5.74, 6) is 1.68. The van der Waals surface area contributed by atoms with Crippen molar-refractivity contribution >= 4 is 45.1 Å². The van der Waals surface area contributed by atoms with Gasteiger partial charge in [0.2, 0.25) is 0 Å². The molecule has 5 rings (SSSR count). The van der Waals surface area contributed by atoms with Gasteiger partial charge in [-0.25, -0.2) is 4.98 Å². The van der Waals surface area contributed by atoms with E-state index in [1.165, 1.54) is 15.8 Å². The van der Waals surface area contributed by atoms with Crippen LogP contribution in [0.2, 0.25) is 0 Å². The molecule has 0 amide bonds. The molecule has 3 aromatic heterocycles. The van der Waals surface area contributed by atoms with Crippen LogP contribution in [0.25, 0.3) is 10.2 Å². The second-order valence-corrected chi connectivity index (χ2v) is 10.8. The van der Waals surface area contributed by atoms with Gasteiger partial charge in [-0.2, -0.15) is 0 Å². The largest absolute Gasteiger partial charge is 0.301 e. The van der Waals surface area contributed by atoms with Gasteiger partial charge in [-0.15, -0.1) is 21.5 Å². The number of hydrogen-bond acceptors (Lipinski definition) is 7. The second-order valence-electron chi connectivity index (χ2n) is 7.25. The summed E-state index contributed by atoms with van der Waals surface area (Å²) in [6.45, 7) is 2.92. The SMILES string of the molecule is CC(Sc1nnc(CSc2nc3ccccc3s2)n1Cc1ccccc1)c1cccnc1. The molecule has 0 saturated heterocycles. The fourth-order valence-corrected chi connectivity index (χ4v) is 6.30. The monoisotopic (exact) mass is 475 g/mol. The topological polar surface area (TPSA) is 56.5 Å². The highest BCUT2D eigenvalue weighted by molar-refractivity contribution is 8.00. The van der Waals surface area contributed by atoms with E-state index in [-0.39, 0.29) is 5.25 Å². The standard InChI is InChI=1S/C24H21N5S3/c1-17(19-10-7-13-25-14-19)31-23-28-27-22(29(23)15-18-8-3-2-4-9-18)16-30-24-26-20-11-5-6-12-21(20)32-24/h2-14,17H,15-16H2,1H3. The normalized spacial score (nSPS) is 12.3. The molecule has 0 aliphatic rings. The van der Waals surface area contributed by atoms with Gasteiger partial charge in [0.25, 0.3) is 0 Å². The lowest BCUT2D eigenvalue weighted by atomic mass is 10.2. The molecule has 5 nitrogen and oxygen atoms in total. The molecule has 8 heteroatoms. The highest BCUT2D eigenvalue weighted by Gasteiger charge is 2.18. The predicted molar refractivity (Wildman–Crippen MR) is 133 cm³/mol. The van der Waals surface area contributed by atoms with E-state index in [1.807, 2.05) is 24.4 Å². The number of rotatable bonds is 8. The van der Waals surface area contributed by atoms with Gasteiger partial charge in [-0.1, -0.05) is 72.1 Å². The number of thiazole rings is 1. The molecule has 0 radical (unpaired) electrons. The molecule has 32 heavy (non-hydrogen) atoms. The van der Waals surface area contributed by atoms with Gasteiger partial charge in [-0.05, 0) is 36.2 Å². The van der Waals surface area contributed by atoms with Crippen molar-refractivity contribution in [2.75, 3.05) is 0 Å². The van der Waals surface area contributed by atoms with E-state index in [2.05, 4.69) is 75.2 Å². The summed E-state index contributed by atoms with van der Waals surface area (Å²) < 4.78 is 4.49. The van der Waals surface area contributed by atoms with Crippen LogP contribution in [-0.4, -0.2) is 24.7 Å². The van der Waals surface area contributed by atoms with Gasteiger partial charge >= 0.3 is 0 Å². The molecule has 0 aliphatic carbocycles. The molecular formula is C24H21N5S3. The minimum atomic E-state index is 0.229. The molecule has 1 unspecified atom stereocenters. The summed E-state index contributed by atoms with van der Waals surface area (Å²) >= 11 is 5.16. The van der Waals surface area contributed by atoms with Crippen molar-refractivity contribution in [3.63, 3.8) is 0 Å². The minimum Gasteiger partial charge on any atom is -0.301 e. The number of pyridine rings is 1. The number of hydrogen-bond donors (Lipinski definition) is 0. The molecule has 0 aliphatic heterocycles. The maximum absolute atomic E-state index is 4.75. The maximum Gasteiger partial charge on any atom is 0.192 e. The Morgan fingerprint density at radius 1 is 0.969 bits per heavy atom. The van der Waals surface area contributed by atoms with Gasteiger partial charge in [0, 0.05) is 17.6 Å². The quantitative estimate of drug-likeness (QED) is 0.240. The van der Waals surface area contributed by atoms with Gasteiger partial charge in [0.15, 0.2) is 9.50 Å².